The van der Waals surface area contributed by atoms with Gasteiger partial charge in [0.1, 0.15) is 6.61 Å². The summed E-state index contributed by atoms with van der Waals surface area (Å²) < 4.78 is 5.91. The van der Waals surface area contributed by atoms with Crippen LogP contribution in [0.3, 0.4) is 0 Å². The van der Waals surface area contributed by atoms with Crippen LogP contribution in [0.25, 0.3) is 0 Å². The van der Waals surface area contributed by atoms with Gasteiger partial charge in [-0.1, -0.05) is 36.4 Å². The summed E-state index contributed by atoms with van der Waals surface area (Å²) in [5.41, 5.74) is 8.28. The molecule has 1 saturated heterocycles. The van der Waals surface area contributed by atoms with Crippen LogP contribution in [0.15, 0.2) is 65.2 Å². The molecular weight excluding hydrogens is 511 g/mol. The summed E-state index contributed by atoms with van der Waals surface area (Å²) in [6.45, 7) is 4.36. The third-order valence-electron chi connectivity index (χ3n) is 4.77. The molecule has 9 heteroatoms. The molecule has 2 aromatic heterocycles. The minimum atomic E-state index is 0. The van der Waals surface area contributed by atoms with Gasteiger partial charge in [-0.2, -0.15) is 0 Å². The third kappa shape index (κ3) is 5.82. The average molecular weight is 536 g/mol. The van der Waals surface area contributed by atoms with Gasteiger partial charge in [0, 0.05) is 49.5 Å². The van der Waals surface area contributed by atoms with Crippen molar-refractivity contribution in [3.8, 4) is 5.88 Å². The molecule has 7 nitrogen and oxygen atoms in total. The number of pyridine rings is 1. The number of ether oxygens (including phenoxy) is 1. The van der Waals surface area contributed by atoms with Crippen LogP contribution in [0, 0.1) is 0 Å². The Bertz CT molecular complexity index is 930. The van der Waals surface area contributed by atoms with Crippen LogP contribution in [0.5, 0.6) is 5.88 Å². The molecule has 0 bridgehead atoms. The van der Waals surface area contributed by atoms with Gasteiger partial charge in [-0.15, -0.1) is 35.3 Å². The molecule has 2 N–H and O–H groups in total. The van der Waals surface area contributed by atoms with Crippen molar-refractivity contribution < 1.29 is 4.74 Å². The number of aromatic nitrogens is 2. The van der Waals surface area contributed by atoms with E-state index in [0.717, 1.165) is 42.4 Å². The second-order valence-electron chi connectivity index (χ2n) is 6.71. The zero-order valence-corrected chi connectivity index (χ0v) is 19.7. The molecule has 1 aliphatic heterocycles. The summed E-state index contributed by atoms with van der Waals surface area (Å²) in [6, 6.07) is 13.9. The number of halogens is 1. The Morgan fingerprint density at radius 3 is 2.57 bits per heavy atom. The van der Waals surface area contributed by atoms with Crippen LogP contribution < -0.4 is 15.4 Å². The van der Waals surface area contributed by atoms with Gasteiger partial charge in [0.05, 0.1) is 6.54 Å². The van der Waals surface area contributed by atoms with E-state index in [1.807, 2.05) is 54.0 Å². The van der Waals surface area contributed by atoms with Gasteiger partial charge in [0.25, 0.3) is 0 Å². The van der Waals surface area contributed by atoms with E-state index in [2.05, 4.69) is 24.8 Å². The normalized spacial score (nSPS) is 14.3. The summed E-state index contributed by atoms with van der Waals surface area (Å²) in [6.07, 6.45) is 3.57. The van der Waals surface area contributed by atoms with Gasteiger partial charge < -0.3 is 20.3 Å². The quantitative estimate of drug-likeness (QED) is 0.296. The highest BCUT2D eigenvalue weighted by Crippen LogP contribution is 2.20. The lowest BCUT2D eigenvalue weighted by molar-refractivity contribution is 0.290. The van der Waals surface area contributed by atoms with E-state index in [1.165, 1.54) is 0 Å². The zero-order valence-electron chi connectivity index (χ0n) is 16.6. The number of nitrogens with zero attached hydrogens (tertiary/aromatic N) is 5. The largest absolute Gasteiger partial charge is 0.473 e. The predicted octanol–water partition coefficient (Wildman–Crippen LogP) is 3.37. The number of piperazine rings is 1. The van der Waals surface area contributed by atoms with Crippen LogP contribution in [0.4, 0.5) is 5.13 Å². The molecule has 0 spiro atoms. The number of guanidine groups is 1. The summed E-state index contributed by atoms with van der Waals surface area (Å²) in [5.74, 6) is 1.16. The topological polar surface area (TPSA) is 79.9 Å². The molecule has 0 unspecified atom stereocenters. The molecule has 0 amide bonds. The minimum absolute atomic E-state index is 0. The monoisotopic (exact) mass is 536 g/mol. The van der Waals surface area contributed by atoms with Crippen molar-refractivity contribution in [2.45, 2.75) is 13.2 Å². The second kappa shape index (κ2) is 11.1. The van der Waals surface area contributed by atoms with E-state index in [0.29, 0.717) is 25.0 Å². The number of rotatable bonds is 6. The van der Waals surface area contributed by atoms with Crippen LogP contribution in [-0.2, 0) is 13.2 Å². The van der Waals surface area contributed by atoms with Crippen molar-refractivity contribution >= 4 is 46.4 Å². The smallest absolute Gasteiger partial charge is 0.218 e. The van der Waals surface area contributed by atoms with E-state index in [-0.39, 0.29) is 24.0 Å². The molecule has 0 aliphatic carbocycles. The van der Waals surface area contributed by atoms with Gasteiger partial charge in [0.15, 0.2) is 11.1 Å². The number of hydrogen-bond acceptors (Lipinski definition) is 6. The van der Waals surface area contributed by atoms with E-state index in [4.69, 9.17) is 10.5 Å². The summed E-state index contributed by atoms with van der Waals surface area (Å²) in [5, 5.41) is 3.07. The Morgan fingerprint density at radius 1 is 1.03 bits per heavy atom. The molecule has 1 fully saturated rings. The van der Waals surface area contributed by atoms with Crippen molar-refractivity contribution in [3.63, 3.8) is 0 Å². The first kappa shape index (κ1) is 22.3. The van der Waals surface area contributed by atoms with Crippen molar-refractivity contribution in [1.82, 2.24) is 14.9 Å². The van der Waals surface area contributed by atoms with Crippen molar-refractivity contribution in [2.24, 2.45) is 10.7 Å². The molecule has 1 aromatic carbocycles. The second-order valence-corrected chi connectivity index (χ2v) is 7.58. The van der Waals surface area contributed by atoms with Crippen LogP contribution in [0.1, 0.15) is 11.1 Å². The van der Waals surface area contributed by atoms with E-state index in [1.54, 1.807) is 17.5 Å². The predicted molar refractivity (Wildman–Crippen MR) is 132 cm³/mol. The van der Waals surface area contributed by atoms with Crippen LogP contribution in [-0.4, -0.2) is 47.0 Å². The number of nitrogens with two attached hydrogens (primary N) is 1. The summed E-state index contributed by atoms with van der Waals surface area (Å²) in [4.78, 5) is 17.7. The molecule has 0 saturated carbocycles. The maximum absolute atomic E-state index is 6.26. The standard InChI is InChI=1S/C21H24N6OS.HI/c22-20(26-10-12-27(13-11-26)21-24-9-14-29-21)25-15-18-7-4-8-23-19(18)28-16-17-5-2-1-3-6-17;/h1-9,14H,10-13,15-16H2,(H2,22,25);1H. The molecule has 4 rings (SSSR count). The van der Waals surface area contributed by atoms with E-state index >= 15 is 0 Å². The van der Waals surface area contributed by atoms with E-state index < -0.39 is 0 Å². The fourth-order valence-corrected chi connectivity index (χ4v) is 3.86. The molecule has 30 heavy (non-hydrogen) atoms. The summed E-state index contributed by atoms with van der Waals surface area (Å²) >= 11 is 1.67. The highest BCUT2D eigenvalue weighted by molar-refractivity contribution is 14.0. The molecule has 1 aliphatic rings. The molecule has 158 valence electrons. The van der Waals surface area contributed by atoms with Gasteiger partial charge in [-0.3, -0.25) is 0 Å². The Kier molecular flexibility index (Phi) is 8.26. The minimum Gasteiger partial charge on any atom is -0.473 e. The number of aliphatic imine (C=N–C) groups is 1. The van der Waals surface area contributed by atoms with Gasteiger partial charge in [0.2, 0.25) is 5.88 Å². The maximum Gasteiger partial charge on any atom is 0.218 e. The fraction of sp³-hybridized carbons (Fsp3) is 0.286. The maximum atomic E-state index is 6.26. The number of hydrogen-bond donors (Lipinski definition) is 1. The lowest BCUT2D eigenvalue weighted by Crippen LogP contribution is -2.51. The molecule has 3 heterocycles. The zero-order chi connectivity index (χ0) is 19.9. The summed E-state index contributed by atoms with van der Waals surface area (Å²) in [7, 11) is 0. The Hall–Kier alpha value is -2.40. The molecule has 3 aromatic rings. The van der Waals surface area contributed by atoms with Crippen molar-refractivity contribution in [1.29, 1.82) is 0 Å². The van der Waals surface area contributed by atoms with Gasteiger partial charge in [-0.05, 0) is 11.6 Å². The number of anilines is 1. The lowest BCUT2D eigenvalue weighted by Gasteiger charge is -2.35. The number of benzene rings is 1. The van der Waals surface area contributed by atoms with Crippen molar-refractivity contribution in [3.05, 3.63) is 71.4 Å². The average Bonchev–Trinajstić information content (AvgIpc) is 3.32. The first-order chi connectivity index (χ1) is 14.3. The first-order valence-electron chi connectivity index (χ1n) is 9.59. The fourth-order valence-electron chi connectivity index (χ4n) is 3.17. The molecular formula is C21H25IN6OS. The van der Waals surface area contributed by atoms with Crippen molar-refractivity contribution in [2.75, 3.05) is 31.1 Å². The van der Waals surface area contributed by atoms with E-state index in [9.17, 15) is 0 Å². The SMILES string of the molecule is I.NC(=NCc1cccnc1OCc1ccccc1)N1CCN(c2nccs2)CC1. The number of thiazole rings is 1. The van der Waals surface area contributed by atoms with Crippen LogP contribution in [0.2, 0.25) is 0 Å². The Morgan fingerprint density at radius 2 is 1.83 bits per heavy atom. The Balaban J connectivity index is 0.00000256. The first-order valence-corrected chi connectivity index (χ1v) is 10.5. The highest BCUT2D eigenvalue weighted by Gasteiger charge is 2.19. The highest BCUT2D eigenvalue weighted by atomic mass is 127. The van der Waals surface area contributed by atoms with Crippen LogP contribution >= 0.6 is 35.3 Å². The molecule has 0 atom stereocenters. The van der Waals surface area contributed by atoms with Gasteiger partial charge in [-0.25, -0.2) is 15.0 Å². The Labute approximate surface area is 197 Å². The molecule has 0 radical (unpaired) electrons. The van der Waals surface area contributed by atoms with Gasteiger partial charge >= 0.3 is 0 Å². The lowest BCUT2D eigenvalue weighted by atomic mass is 10.2. The third-order valence-corrected chi connectivity index (χ3v) is 5.61.